The maximum absolute atomic E-state index is 5.80. The molecule has 0 bridgehead atoms. The van der Waals surface area contributed by atoms with Gasteiger partial charge in [0, 0.05) is 28.2 Å². The third-order valence-corrected chi connectivity index (χ3v) is 6.70. The van der Waals surface area contributed by atoms with Crippen molar-refractivity contribution in [2.24, 2.45) is 0 Å². The highest BCUT2D eigenvalue weighted by atomic mass is 16.5. The number of nitrogens with zero attached hydrogens (tertiary/aromatic N) is 3. The molecule has 1 saturated heterocycles. The van der Waals surface area contributed by atoms with Gasteiger partial charge in [0.2, 0.25) is 0 Å². The summed E-state index contributed by atoms with van der Waals surface area (Å²) < 4.78 is 7.62. The van der Waals surface area contributed by atoms with Crippen molar-refractivity contribution in [1.29, 1.82) is 0 Å². The van der Waals surface area contributed by atoms with Gasteiger partial charge >= 0.3 is 0 Å². The number of rotatable bonds is 5. The number of nitrogens with one attached hydrogen (secondary N) is 2. The lowest BCUT2D eigenvalue weighted by Crippen LogP contribution is -2.26. The van der Waals surface area contributed by atoms with Crippen molar-refractivity contribution in [3.05, 3.63) is 47.4 Å². The zero-order valence-electron chi connectivity index (χ0n) is 18.8. The quantitative estimate of drug-likeness (QED) is 0.477. The largest absolute Gasteiger partial charge is 0.492 e. The predicted molar refractivity (Wildman–Crippen MR) is 125 cm³/mol. The van der Waals surface area contributed by atoms with Crippen LogP contribution in [0.1, 0.15) is 62.1 Å². The fourth-order valence-corrected chi connectivity index (χ4v) is 5.20. The number of fused-ring (bicyclic) bond motifs is 2. The molecule has 0 saturated carbocycles. The molecule has 31 heavy (non-hydrogen) atoms. The number of aromatic amines is 1. The van der Waals surface area contributed by atoms with Crippen LogP contribution in [0, 0.1) is 0 Å². The minimum atomic E-state index is 0.383. The van der Waals surface area contributed by atoms with Gasteiger partial charge in [-0.3, -0.25) is 0 Å². The second-order valence-electron chi connectivity index (χ2n) is 8.83. The molecular weight excluding hydrogens is 386 g/mol. The molecule has 3 aromatic heterocycles. The first kappa shape index (κ1) is 20.1. The van der Waals surface area contributed by atoms with Crippen molar-refractivity contribution in [2.45, 2.75) is 51.9 Å². The smallest absolute Gasteiger partial charge is 0.198 e. The molecule has 1 aliphatic heterocycles. The van der Waals surface area contributed by atoms with Gasteiger partial charge in [0.25, 0.3) is 0 Å². The third kappa shape index (κ3) is 3.30. The van der Waals surface area contributed by atoms with E-state index in [1.54, 1.807) is 13.4 Å². The number of aromatic nitrogens is 4. The molecule has 0 radical (unpaired) electrons. The first-order valence-electron chi connectivity index (χ1n) is 11.4. The molecule has 6 nitrogen and oxygen atoms in total. The first-order valence-corrected chi connectivity index (χ1v) is 11.4. The standard InChI is InChI=1S/C25H31N5O/c1-5-18-20(13-30-25(24(18)31-4)27-14-28-30)23-22(15(2)3)19-12-17(6-7-21(19)29-23)16-8-10-26-11-9-16/h6-7,12-16,26,29H,5,8-11H2,1-4H3. The highest BCUT2D eigenvalue weighted by Crippen LogP contribution is 2.41. The molecular formula is C25H31N5O. The van der Waals surface area contributed by atoms with E-state index in [0.717, 1.165) is 42.0 Å². The van der Waals surface area contributed by atoms with Crippen LogP contribution in [-0.2, 0) is 6.42 Å². The maximum atomic E-state index is 5.80. The number of ether oxygens (including phenoxy) is 1. The molecule has 0 spiro atoms. The summed E-state index contributed by atoms with van der Waals surface area (Å²) in [5.74, 6) is 1.83. The van der Waals surface area contributed by atoms with E-state index in [9.17, 15) is 0 Å². The summed E-state index contributed by atoms with van der Waals surface area (Å²) in [5, 5.41) is 9.21. The maximum Gasteiger partial charge on any atom is 0.198 e. The van der Waals surface area contributed by atoms with Gasteiger partial charge in [0.15, 0.2) is 11.4 Å². The summed E-state index contributed by atoms with van der Waals surface area (Å²) >= 11 is 0. The zero-order valence-corrected chi connectivity index (χ0v) is 18.8. The van der Waals surface area contributed by atoms with Crippen LogP contribution in [0.15, 0.2) is 30.7 Å². The molecule has 0 aliphatic carbocycles. The van der Waals surface area contributed by atoms with E-state index >= 15 is 0 Å². The fourth-order valence-electron chi connectivity index (χ4n) is 5.20. The molecule has 1 fully saturated rings. The van der Waals surface area contributed by atoms with E-state index in [2.05, 4.69) is 65.6 Å². The number of hydrogen-bond acceptors (Lipinski definition) is 4. The second kappa shape index (κ2) is 8.00. The Labute approximate surface area is 183 Å². The van der Waals surface area contributed by atoms with Gasteiger partial charge in [-0.25, -0.2) is 9.50 Å². The summed E-state index contributed by atoms with van der Waals surface area (Å²) in [6.07, 6.45) is 6.95. The third-order valence-electron chi connectivity index (χ3n) is 6.70. The summed E-state index contributed by atoms with van der Waals surface area (Å²) in [7, 11) is 1.72. The number of methoxy groups -OCH3 is 1. The molecule has 0 unspecified atom stereocenters. The minimum Gasteiger partial charge on any atom is -0.492 e. The molecule has 1 aromatic carbocycles. The van der Waals surface area contributed by atoms with Crippen LogP contribution in [-0.4, -0.2) is 39.8 Å². The van der Waals surface area contributed by atoms with Gasteiger partial charge in [-0.05, 0) is 67.4 Å². The SMILES string of the molecule is CCc1c(-c2[nH]c3ccc(C4CCNCC4)cc3c2C(C)C)cn2ncnc2c1OC. The number of hydrogen-bond donors (Lipinski definition) is 2. The van der Waals surface area contributed by atoms with Crippen LogP contribution in [0.25, 0.3) is 27.8 Å². The van der Waals surface area contributed by atoms with Gasteiger partial charge in [-0.1, -0.05) is 26.8 Å². The molecule has 0 atom stereocenters. The van der Waals surface area contributed by atoms with Gasteiger partial charge in [0.05, 0.1) is 12.8 Å². The zero-order chi connectivity index (χ0) is 21.5. The average Bonchev–Trinajstić information content (AvgIpc) is 3.42. The van der Waals surface area contributed by atoms with Crippen LogP contribution < -0.4 is 10.1 Å². The topological polar surface area (TPSA) is 67.2 Å². The Hall–Kier alpha value is -2.86. The number of benzene rings is 1. The first-order chi connectivity index (χ1) is 15.1. The lowest BCUT2D eigenvalue weighted by Gasteiger charge is -2.23. The minimum absolute atomic E-state index is 0.383. The number of H-pyrrole nitrogens is 1. The summed E-state index contributed by atoms with van der Waals surface area (Å²) in [6, 6.07) is 7.00. The lowest BCUT2D eigenvalue weighted by atomic mass is 9.88. The van der Waals surface area contributed by atoms with Crippen LogP contribution in [0.2, 0.25) is 0 Å². The van der Waals surface area contributed by atoms with Crippen LogP contribution in [0.5, 0.6) is 5.75 Å². The summed E-state index contributed by atoms with van der Waals surface area (Å²) in [6.45, 7) is 8.94. The monoisotopic (exact) mass is 417 g/mol. The van der Waals surface area contributed by atoms with Crippen molar-refractivity contribution in [3.8, 4) is 17.0 Å². The number of pyridine rings is 1. The second-order valence-corrected chi connectivity index (χ2v) is 8.83. The Bertz CT molecular complexity index is 1230. The fraction of sp³-hybridized carbons (Fsp3) is 0.440. The van der Waals surface area contributed by atoms with Gasteiger partial charge in [0.1, 0.15) is 6.33 Å². The van der Waals surface area contributed by atoms with Crippen molar-refractivity contribution in [1.82, 2.24) is 24.9 Å². The molecule has 4 aromatic rings. The molecule has 1 aliphatic rings. The van der Waals surface area contributed by atoms with Gasteiger partial charge in [-0.15, -0.1) is 0 Å². The molecule has 0 amide bonds. The average molecular weight is 418 g/mol. The van der Waals surface area contributed by atoms with Crippen LogP contribution in [0.3, 0.4) is 0 Å². The van der Waals surface area contributed by atoms with Gasteiger partial charge in [-0.2, -0.15) is 5.10 Å². The Balaban J connectivity index is 1.74. The van der Waals surface area contributed by atoms with Crippen LogP contribution in [0.4, 0.5) is 0 Å². The Morgan fingerprint density at radius 2 is 2.03 bits per heavy atom. The molecule has 4 heterocycles. The van der Waals surface area contributed by atoms with Crippen molar-refractivity contribution >= 4 is 16.6 Å². The van der Waals surface area contributed by atoms with E-state index in [-0.39, 0.29) is 0 Å². The highest BCUT2D eigenvalue weighted by Gasteiger charge is 2.23. The van der Waals surface area contributed by atoms with Crippen LogP contribution >= 0.6 is 0 Å². The van der Waals surface area contributed by atoms with Crippen molar-refractivity contribution in [3.63, 3.8) is 0 Å². The molecule has 162 valence electrons. The molecule has 2 N–H and O–H groups in total. The summed E-state index contributed by atoms with van der Waals surface area (Å²) in [4.78, 5) is 8.15. The molecule has 6 heteroatoms. The normalized spacial score (nSPS) is 15.4. The van der Waals surface area contributed by atoms with E-state index in [4.69, 9.17) is 4.74 Å². The Morgan fingerprint density at radius 1 is 1.23 bits per heavy atom. The number of piperidine rings is 1. The van der Waals surface area contributed by atoms with Crippen molar-refractivity contribution < 1.29 is 4.74 Å². The van der Waals surface area contributed by atoms with E-state index in [1.165, 1.54) is 40.6 Å². The van der Waals surface area contributed by atoms with Gasteiger partial charge < -0.3 is 15.0 Å². The van der Waals surface area contributed by atoms with E-state index < -0.39 is 0 Å². The predicted octanol–water partition coefficient (Wildman–Crippen LogP) is 5.04. The summed E-state index contributed by atoms with van der Waals surface area (Å²) in [5.41, 5.74) is 8.24. The highest BCUT2D eigenvalue weighted by molar-refractivity contribution is 5.93. The van der Waals surface area contributed by atoms with E-state index in [1.807, 2.05) is 4.52 Å². The Kier molecular flexibility index (Phi) is 5.18. The van der Waals surface area contributed by atoms with E-state index in [0.29, 0.717) is 11.8 Å². The Morgan fingerprint density at radius 3 is 2.74 bits per heavy atom. The van der Waals surface area contributed by atoms with Crippen molar-refractivity contribution in [2.75, 3.05) is 20.2 Å². The molecule has 5 rings (SSSR count). The lowest BCUT2D eigenvalue weighted by molar-refractivity contribution is 0.412.